The Labute approximate surface area is 100 Å². The Morgan fingerprint density at radius 1 is 1.47 bits per heavy atom. The number of anilines is 1. The van der Waals surface area contributed by atoms with Crippen LogP contribution in [0.5, 0.6) is 0 Å². The maximum Gasteiger partial charge on any atom is 0.319 e. The van der Waals surface area contributed by atoms with Crippen molar-refractivity contribution in [1.82, 2.24) is 5.32 Å². The van der Waals surface area contributed by atoms with E-state index in [1.807, 2.05) is 13.8 Å². The summed E-state index contributed by atoms with van der Waals surface area (Å²) >= 11 is 0. The third-order valence-electron chi connectivity index (χ3n) is 2.44. The highest BCUT2D eigenvalue weighted by Gasteiger charge is 2.09. The minimum absolute atomic E-state index is 0.0896. The van der Waals surface area contributed by atoms with Crippen LogP contribution in [0.15, 0.2) is 24.3 Å². The van der Waals surface area contributed by atoms with Crippen molar-refractivity contribution in [2.24, 2.45) is 11.7 Å². The zero-order valence-electron chi connectivity index (χ0n) is 10.0. The topological polar surface area (TPSA) is 67.1 Å². The molecule has 17 heavy (non-hydrogen) atoms. The van der Waals surface area contributed by atoms with Crippen LogP contribution in [0, 0.1) is 11.7 Å². The van der Waals surface area contributed by atoms with E-state index in [0.717, 1.165) is 0 Å². The fourth-order valence-electron chi connectivity index (χ4n) is 1.19. The summed E-state index contributed by atoms with van der Waals surface area (Å²) in [4.78, 5) is 11.5. The molecule has 0 aliphatic heterocycles. The van der Waals surface area contributed by atoms with Crippen molar-refractivity contribution in [3.05, 3.63) is 30.1 Å². The predicted octanol–water partition coefficient (Wildman–Crippen LogP) is 1.93. The first-order chi connectivity index (χ1) is 7.99. The molecule has 5 heteroatoms. The number of nitrogens with two attached hydrogens (primary N) is 1. The summed E-state index contributed by atoms with van der Waals surface area (Å²) in [6.45, 7) is 4.35. The van der Waals surface area contributed by atoms with Gasteiger partial charge in [0, 0.05) is 18.3 Å². The lowest BCUT2D eigenvalue weighted by atomic mass is 10.1. The van der Waals surface area contributed by atoms with Gasteiger partial charge >= 0.3 is 6.03 Å². The second-order valence-electron chi connectivity index (χ2n) is 4.25. The van der Waals surface area contributed by atoms with Crippen LogP contribution in [0.4, 0.5) is 14.9 Å². The van der Waals surface area contributed by atoms with Crippen molar-refractivity contribution in [3.63, 3.8) is 0 Å². The summed E-state index contributed by atoms with van der Waals surface area (Å²) in [7, 11) is 0. The number of amides is 2. The molecule has 1 unspecified atom stereocenters. The molecule has 94 valence electrons. The molecule has 1 rings (SSSR count). The van der Waals surface area contributed by atoms with Gasteiger partial charge in [0.2, 0.25) is 0 Å². The lowest BCUT2D eigenvalue weighted by Crippen LogP contribution is -2.42. The molecule has 0 saturated carbocycles. The predicted molar refractivity (Wildman–Crippen MR) is 66.2 cm³/mol. The molecular formula is C12H18FN3O. The summed E-state index contributed by atoms with van der Waals surface area (Å²) in [6.07, 6.45) is 0. The van der Waals surface area contributed by atoms with Crippen molar-refractivity contribution < 1.29 is 9.18 Å². The molecule has 0 bridgehead atoms. The van der Waals surface area contributed by atoms with E-state index in [4.69, 9.17) is 5.73 Å². The summed E-state index contributed by atoms with van der Waals surface area (Å²) in [5.41, 5.74) is 6.20. The Bertz CT molecular complexity index is 382. The number of halogens is 1. The third kappa shape index (κ3) is 4.82. The van der Waals surface area contributed by atoms with Gasteiger partial charge in [-0.15, -0.1) is 0 Å². The molecule has 0 aliphatic carbocycles. The smallest absolute Gasteiger partial charge is 0.319 e. The highest BCUT2D eigenvalue weighted by atomic mass is 19.1. The zero-order chi connectivity index (χ0) is 12.8. The molecule has 0 aromatic heterocycles. The SMILES string of the molecule is CC(C)C(N)CNC(=O)Nc1cccc(F)c1. The molecule has 0 spiro atoms. The molecule has 0 fully saturated rings. The first-order valence-electron chi connectivity index (χ1n) is 5.55. The molecule has 0 aliphatic rings. The maximum absolute atomic E-state index is 12.8. The highest BCUT2D eigenvalue weighted by Crippen LogP contribution is 2.08. The van der Waals surface area contributed by atoms with Crippen molar-refractivity contribution in [2.45, 2.75) is 19.9 Å². The van der Waals surface area contributed by atoms with Gasteiger partial charge in [0.25, 0.3) is 0 Å². The molecule has 1 aromatic rings. The summed E-state index contributed by atoms with van der Waals surface area (Å²) in [5, 5.41) is 5.17. The lowest BCUT2D eigenvalue weighted by molar-refractivity contribution is 0.250. The van der Waals surface area contributed by atoms with E-state index in [9.17, 15) is 9.18 Å². The molecule has 1 aromatic carbocycles. The van der Waals surface area contributed by atoms with E-state index in [2.05, 4.69) is 10.6 Å². The number of hydrogen-bond donors (Lipinski definition) is 3. The van der Waals surface area contributed by atoms with E-state index in [-0.39, 0.29) is 17.9 Å². The van der Waals surface area contributed by atoms with Gasteiger partial charge in [-0.1, -0.05) is 19.9 Å². The Kier molecular flexibility index (Phi) is 4.90. The van der Waals surface area contributed by atoms with Crippen LogP contribution in [0.1, 0.15) is 13.8 Å². The number of benzene rings is 1. The van der Waals surface area contributed by atoms with Gasteiger partial charge in [-0.3, -0.25) is 0 Å². The van der Waals surface area contributed by atoms with Crippen LogP contribution in [-0.2, 0) is 0 Å². The molecule has 2 amide bonds. The monoisotopic (exact) mass is 239 g/mol. The van der Waals surface area contributed by atoms with Gasteiger partial charge in [0.15, 0.2) is 0 Å². The average molecular weight is 239 g/mol. The lowest BCUT2D eigenvalue weighted by Gasteiger charge is -2.16. The molecular weight excluding hydrogens is 221 g/mol. The summed E-state index contributed by atoms with van der Waals surface area (Å²) in [6, 6.07) is 5.25. The fourth-order valence-corrected chi connectivity index (χ4v) is 1.19. The number of carbonyl (C=O) groups excluding carboxylic acids is 1. The van der Waals surface area contributed by atoms with Gasteiger partial charge in [0.1, 0.15) is 5.82 Å². The molecule has 0 radical (unpaired) electrons. The highest BCUT2D eigenvalue weighted by molar-refractivity contribution is 5.89. The van der Waals surface area contributed by atoms with E-state index in [1.165, 1.54) is 18.2 Å². The van der Waals surface area contributed by atoms with Gasteiger partial charge in [0.05, 0.1) is 0 Å². The summed E-state index contributed by atoms with van der Waals surface area (Å²) < 4.78 is 12.8. The molecule has 4 N–H and O–H groups in total. The van der Waals surface area contributed by atoms with E-state index >= 15 is 0 Å². The normalized spacial score (nSPS) is 12.3. The van der Waals surface area contributed by atoms with Gasteiger partial charge in [-0.05, 0) is 24.1 Å². The van der Waals surface area contributed by atoms with E-state index in [1.54, 1.807) is 6.07 Å². The Balaban J connectivity index is 2.40. The number of rotatable bonds is 4. The van der Waals surface area contributed by atoms with Gasteiger partial charge in [-0.2, -0.15) is 0 Å². The number of nitrogens with one attached hydrogen (secondary N) is 2. The molecule has 0 heterocycles. The van der Waals surface area contributed by atoms with Crippen LogP contribution in [0.2, 0.25) is 0 Å². The number of carbonyl (C=O) groups is 1. The summed E-state index contributed by atoms with van der Waals surface area (Å²) in [5.74, 6) is -0.0915. The second-order valence-corrected chi connectivity index (χ2v) is 4.25. The van der Waals surface area contributed by atoms with Crippen molar-refractivity contribution >= 4 is 11.7 Å². The zero-order valence-corrected chi connectivity index (χ0v) is 10.0. The first-order valence-corrected chi connectivity index (χ1v) is 5.55. The molecule has 1 atom stereocenters. The average Bonchev–Trinajstić information content (AvgIpc) is 2.25. The van der Waals surface area contributed by atoms with Gasteiger partial charge < -0.3 is 16.4 Å². The quantitative estimate of drug-likeness (QED) is 0.751. The molecule has 4 nitrogen and oxygen atoms in total. The van der Waals surface area contributed by atoms with E-state index < -0.39 is 0 Å². The Morgan fingerprint density at radius 2 is 2.18 bits per heavy atom. The Morgan fingerprint density at radius 3 is 2.76 bits per heavy atom. The standard InChI is InChI=1S/C12H18FN3O/c1-8(2)11(14)7-15-12(17)16-10-5-3-4-9(13)6-10/h3-6,8,11H,7,14H2,1-2H3,(H2,15,16,17). The number of urea groups is 1. The second kappa shape index (κ2) is 6.20. The van der Waals surface area contributed by atoms with Crippen LogP contribution >= 0.6 is 0 Å². The maximum atomic E-state index is 12.8. The first kappa shape index (κ1) is 13.4. The van der Waals surface area contributed by atoms with Crippen molar-refractivity contribution in [1.29, 1.82) is 0 Å². The van der Waals surface area contributed by atoms with Crippen molar-refractivity contribution in [2.75, 3.05) is 11.9 Å². The van der Waals surface area contributed by atoms with Crippen LogP contribution in [-0.4, -0.2) is 18.6 Å². The number of hydrogen-bond acceptors (Lipinski definition) is 2. The largest absolute Gasteiger partial charge is 0.336 e. The van der Waals surface area contributed by atoms with Crippen LogP contribution in [0.3, 0.4) is 0 Å². The minimum atomic E-state index is -0.387. The third-order valence-corrected chi connectivity index (χ3v) is 2.44. The van der Waals surface area contributed by atoms with Crippen LogP contribution < -0.4 is 16.4 Å². The Hall–Kier alpha value is -1.62. The minimum Gasteiger partial charge on any atom is -0.336 e. The van der Waals surface area contributed by atoms with Gasteiger partial charge in [-0.25, -0.2) is 9.18 Å². The van der Waals surface area contributed by atoms with E-state index in [0.29, 0.717) is 18.2 Å². The fraction of sp³-hybridized carbons (Fsp3) is 0.417. The van der Waals surface area contributed by atoms with Crippen LogP contribution in [0.25, 0.3) is 0 Å². The molecule has 0 saturated heterocycles. The van der Waals surface area contributed by atoms with Crippen molar-refractivity contribution in [3.8, 4) is 0 Å².